The lowest BCUT2D eigenvalue weighted by Crippen LogP contribution is -2.27. The first kappa shape index (κ1) is 27.5. The van der Waals surface area contributed by atoms with E-state index in [0.717, 1.165) is 16.5 Å². The van der Waals surface area contributed by atoms with E-state index in [1.54, 1.807) is 66.7 Å². The fraction of sp³-hybridized carbons (Fsp3) is 0.152. The van der Waals surface area contributed by atoms with Crippen molar-refractivity contribution in [2.24, 2.45) is 0 Å². The second-order valence-corrected chi connectivity index (χ2v) is 9.74. The van der Waals surface area contributed by atoms with Gasteiger partial charge in [-0.15, -0.1) is 0 Å². The van der Waals surface area contributed by atoms with E-state index >= 15 is 0 Å². The molecule has 0 saturated carbocycles. The van der Waals surface area contributed by atoms with Gasteiger partial charge in [0.25, 0.3) is 11.8 Å². The average molecular weight is 553 g/mol. The van der Waals surface area contributed by atoms with Crippen LogP contribution in [0.3, 0.4) is 0 Å². The molecule has 0 fully saturated rings. The minimum atomic E-state index is -0.449. The van der Waals surface area contributed by atoms with Crippen molar-refractivity contribution in [3.05, 3.63) is 125 Å². The zero-order chi connectivity index (χ0) is 28.8. The molecule has 5 aromatic rings. The Kier molecular flexibility index (Phi) is 8.29. The molecule has 0 spiro atoms. The predicted octanol–water partition coefficient (Wildman–Crippen LogP) is 6.68. The number of ether oxygens (including phenoxy) is 1. The molecule has 1 aromatic heterocycles. The number of phenolic OH excluding ortho intramolecular Hbond substituents is 1. The van der Waals surface area contributed by atoms with E-state index in [9.17, 15) is 19.1 Å². The van der Waals surface area contributed by atoms with Crippen LogP contribution in [-0.2, 0) is 6.42 Å². The number of amides is 2. The summed E-state index contributed by atoms with van der Waals surface area (Å²) >= 11 is 0. The molecule has 1 unspecified atom stereocenters. The van der Waals surface area contributed by atoms with Crippen LogP contribution in [0.15, 0.2) is 101 Å². The van der Waals surface area contributed by atoms with Crippen molar-refractivity contribution >= 4 is 28.5 Å². The summed E-state index contributed by atoms with van der Waals surface area (Å²) in [5.41, 5.74) is 3.22. The predicted molar refractivity (Wildman–Crippen MR) is 155 cm³/mol. The van der Waals surface area contributed by atoms with Gasteiger partial charge in [0, 0.05) is 23.9 Å². The number of carbonyl (C=O) groups excluding carboxylic acids is 2. The number of para-hydroxylation sites is 1. The minimum absolute atomic E-state index is 0.0250. The number of furan rings is 1. The van der Waals surface area contributed by atoms with Gasteiger partial charge >= 0.3 is 0 Å². The zero-order valence-corrected chi connectivity index (χ0v) is 22.4. The maximum absolute atomic E-state index is 13.3. The van der Waals surface area contributed by atoms with Crippen LogP contribution in [0.5, 0.6) is 11.5 Å². The van der Waals surface area contributed by atoms with Gasteiger partial charge in [-0.2, -0.15) is 0 Å². The smallest absolute Gasteiger partial charge is 0.291 e. The Hall–Kier alpha value is -5.11. The standard InChI is InChI=1S/C33H29FN2O5/c1-21(23-8-11-26(34)12-9-23)20-35-32(38)25-10-15-28(30(19-25)40-17-16-22-6-13-27(37)14-7-22)36-33(39)31-18-24-4-2-3-5-29(24)41-31/h2-15,18-19,21,37H,16-17,20H2,1H3,(H,35,38)(H,36,39). The van der Waals surface area contributed by atoms with Crippen LogP contribution in [0.2, 0.25) is 0 Å². The van der Waals surface area contributed by atoms with Gasteiger partial charge in [0.15, 0.2) is 5.76 Å². The van der Waals surface area contributed by atoms with Gasteiger partial charge in [-0.05, 0) is 71.6 Å². The van der Waals surface area contributed by atoms with E-state index in [4.69, 9.17) is 9.15 Å². The highest BCUT2D eigenvalue weighted by atomic mass is 19.1. The maximum Gasteiger partial charge on any atom is 0.291 e. The van der Waals surface area contributed by atoms with E-state index in [2.05, 4.69) is 10.6 Å². The minimum Gasteiger partial charge on any atom is -0.508 e. The summed E-state index contributed by atoms with van der Waals surface area (Å²) in [7, 11) is 0. The maximum atomic E-state index is 13.3. The molecule has 1 atom stereocenters. The van der Waals surface area contributed by atoms with Crippen LogP contribution in [0.4, 0.5) is 10.1 Å². The summed E-state index contributed by atoms with van der Waals surface area (Å²) in [6.07, 6.45) is 0.544. The summed E-state index contributed by atoms with van der Waals surface area (Å²) in [6, 6.07) is 26.8. The number of anilines is 1. The lowest BCUT2D eigenvalue weighted by Gasteiger charge is -2.16. The second-order valence-electron chi connectivity index (χ2n) is 9.74. The summed E-state index contributed by atoms with van der Waals surface area (Å²) in [5, 5.41) is 16.1. The first-order valence-corrected chi connectivity index (χ1v) is 13.2. The highest BCUT2D eigenvalue weighted by Crippen LogP contribution is 2.28. The summed E-state index contributed by atoms with van der Waals surface area (Å²) in [4.78, 5) is 26.0. The normalized spacial score (nSPS) is 11.7. The molecule has 3 N–H and O–H groups in total. The van der Waals surface area contributed by atoms with Gasteiger partial charge < -0.3 is 24.9 Å². The van der Waals surface area contributed by atoms with Gasteiger partial charge in [-0.25, -0.2) is 4.39 Å². The number of benzene rings is 4. The van der Waals surface area contributed by atoms with Crippen LogP contribution in [0.1, 0.15) is 44.9 Å². The SMILES string of the molecule is CC(CNC(=O)c1ccc(NC(=O)c2cc3ccccc3o2)c(OCCc2ccc(O)cc2)c1)c1ccc(F)cc1. The van der Waals surface area contributed by atoms with Gasteiger partial charge in [-0.3, -0.25) is 9.59 Å². The zero-order valence-electron chi connectivity index (χ0n) is 22.4. The van der Waals surface area contributed by atoms with Gasteiger partial charge in [0.2, 0.25) is 0 Å². The molecule has 0 aliphatic heterocycles. The third-order valence-corrected chi connectivity index (χ3v) is 6.73. The topological polar surface area (TPSA) is 101 Å². The fourth-order valence-electron chi connectivity index (χ4n) is 4.36. The molecular weight excluding hydrogens is 523 g/mol. The first-order valence-electron chi connectivity index (χ1n) is 13.2. The van der Waals surface area contributed by atoms with Crippen LogP contribution in [-0.4, -0.2) is 30.1 Å². The highest BCUT2D eigenvalue weighted by Gasteiger charge is 2.17. The van der Waals surface area contributed by atoms with Crippen molar-refractivity contribution in [1.82, 2.24) is 5.32 Å². The second kappa shape index (κ2) is 12.4. The van der Waals surface area contributed by atoms with Crippen molar-refractivity contribution < 1.29 is 28.2 Å². The van der Waals surface area contributed by atoms with Crippen molar-refractivity contribution in [3.8, 4) is 11.5 Å². The average Bonchev–Trinajstić information content (AvgIpc) is 3.42. The summed E-state index contributed by atoms with van der Waals surface area (Å²) in [6.45, 7) is 2.57. The number of aromatic hydroxyl groups is 1. The van der Waals surface area contributed by atoms with E-state index in [1.165, 1.54) is 12.1 Å². The lowest BCUT2D eigenvalue weighted by molar-refractivity contribution is 0.0950. The largest absolute Gasteiger partial charge is 0.508 e. The molecule has 2 amide bonds. The number of fused-ring (bicyclic) bond motifs is 1. The molecular formula is C33H29FN2O5. The number of hydrogen-bond acceptors (Lipinski definition) is 5. The van der Waals surface area contributed by atoms with E-state index in [1.807, 2.05) is 25.1 Å². The molecule has 5 rings (SSSR count). The molecule has 0 aliphatic rings. The Balaban J connectivity index is 1.31. The Morgan fingerprint density at radius 1 is 0.927 bits per heavy atom. The van der Waals surface area contributed by atoms with Gasteiger partial charge in [0.1, 0.15) is 22.9 Å². The number of rotatable bonds is 10. The quantitative estimate of drug-likeness (QED) is 0.179. The molecule has 0 bridgehead atoms. The van der Waals surface area contributed by atoms with E-state index < -0.39 is 5.91 Å². The van der Waals surface area contributed by atoms with Crippen LogP contribution in [0.25, 0.3) is 11.0 Å². The Morgan fingerprint density at radius 3 is 2.44 bits per heavy atom. The van der Waals surface area contributed by atoms with Crippen molar-refractivity contribution in [3.63, 3.8) is 0 Å². The van der Waals surface area contributed by atoms with Gasteiger partial charge in [-0.1, -0.05) is 49.4 Å². The molecule has 0 aliphatic carbocycles. The number of halogens is 1. The van der Waals surface area contributed by atoms with E-state index in [-0.39, 0.29) is 35.8 Å². The Morgan fingerprint density at radius 2 is 1.68 bits per heavy atom. The molecule has 1 heterocycles. The summed E-state index contributed by atoms with van der Waals surface area (Å²) < 4.78 is 25.0. The molecule has 7 nitrogen and oxygen atoms in total. The Labute approximate surface area is 236 Å². The molecule has 0 saturated heterocycles. The van der Waals surface area contributed by atoms with Crippen molar-refractivity contribution in [1.29, 1.82) is 0 Å². The number of hydrogen-bond donors (Lipinski definition) is 3. The van der Waals surface area contributed by atoms with E-state index in [0.29, 0.717) is 35.5 Å². The number of phenols is 1. The van der Waals surface area contributed by atoms with Crippen LogP contribution < -0.4 is 15.4 Å². The Bertz CT molecular complexity index is 1630. The highest BCUT2D eigenvalue weighted by molar-refractivity contribution is 6.05. The third-order valence-electron chi connectivity index (χ3n) is 6.73. The van der Waals surface area contributed by atoms with Crippen LogP contribution >= 0.6 is 0 Å². The van der Waals surface area contributed by atoms with Crippen molar-refractivity contribution in [2.75, 3.05) is 18.5 Å². The number of carbonyl (C=O) groups is 2. The van der Waals surface area contributed by atoms with Crippen molar-refractivity contribution in [2.45, 2.75) is 19.3 Å². The fourth-order valence-corrected chi connectivity index (χ4v) is 4.36. The molecule has 41 heavy (non-hydrogen) atoms. The molecule has 0 radical (unpaired) electrons. The molecule has 4 aromatic carbocycles. The first-order chi connectivity index (χ1) is 19.9. The number of nitrogens with one attached hydrogen (secondary N) is 2. The molecule has 8 heteroatoms. The molecule has 208 valence electrons. The monoisotopic (exact) mass is 552 g/mol. The lowest BCUT2D eigenvalue weighted by atomic mass is 10.0. The van der Waals surface area contributed by atoms with Gasteiger partial charge in [0.05, 0.1) is 12.3 Å². The van der Waals surface area contributed by atoms with Crippen LogP contribution in [0, 0.1) is 5.82 Å². The summed E-state index contributed by atoms with van der Waals surface area (Å²) in [5.74, 6) is -0.436. The third kappa shape index (κ3) is 6.91.